The first-order chi connectivity index (χ1) is 10.8. The molecule has 0 saturated carbocycles. The monoisotopic (exact) mass is 320 g/mol. The van der Waals surface area contributed by atoms with Crippen molar-refractivity contribution in [2.75, 3.05) is 5.32 Å². The zero-order chi connectivity index (χ0) is 16.6. The van der Waals surface area contributed by atoms with Crippen molar-refractivity contribution in [2.45, 2.75) is 13.1 Å². The second-order valence-electron chi connectivity index (χ2n) is 5.02. The number of rotatable bonds is 2. The van der Waals surface area contributed by atoms with E-state index in [9.17, 15) is 18.0 Å². The molecule has 118 valence electrons. The minimum Gasteiger partial charge on any atom is -0.436 e. The Kier molecular flexibility index (Phi) is 3.55. The molecular formula is C16H11F3N2O2. The Balaban J connectivity index is 1.93. The van der Waals surface area contributed by atoms with Gasteiger partial charge in [-0.05, 0) is 42.8 Å². The van der Waals surface area contributed by atoms with Crippen LogP contribution in [0, 0.1) is 6.92 Å². The quantitative estimate of drug-likeness (QED) is 0.766. The molecule has 3 rings (SSSR count). The summed E-state index contributed by atoms with van der Waals surface area (Å²) in [5.41, 5.74) is 2.73. The number of carbonyl (C=O) groups excluding carboxylic acids is 1. The molecule has 1 N–H and O–H groups in total. The first-order valence-corrected chi connectivity index (χ1v) is 6.69. The summed E-state index contributed by atoms with van der Waals surface area (Å²) in [7, 11) is 0. The second kappa shape index (κ2) is 5.42. The zero-order valence-corrected chi connectivity index (χ0v) is 11.9. The minimum absolute atomic E-state index is 0.0169. The van der Waals surface area contributed by atoms with Crippen molar-refractivity contribution in [1.82, 2.24) is 4.98 Å². The first-order valence-electron chi connectivity index (χ1n) is 6.69. The molecule has 0 aliphatic carbocycles. The maximum Gasteiger partial charge on any atom is 0.471 e. The molecular weight excluding hydrogens is 309 g/mol. The summed E-state index contributed by atoms with van der Waals surface area (Å²) < 4.78 is 42.5. The van der Waals surface area contributed by atoms with Crippen LogP contribution >= 0.6 is 0 Å². The van der Waals surface area contributed by atoms with Crippen LogP contribution in [0.5, 0.6) is 0 Å². The van der Waals surface area contributed by atoms with E-state index in [-0.39, 0.29) is 11.6 Å². The molecule has 0 unspecified atom stereocenters. The number of anilines is 1. The summed E-state index contributed by atoms with van der Waals surface area (Å²) in [5, 5.41) is 1.80. The van der Waals surface area contributed by atoms with E-state index < -0.39 is 12.1 Å². The average molecular weight is 320 g/mol. The third kappa shape index (κ3) is 3.18. The summed E-state index contributed by atoms with van der Waals surface area (Å²) in [6.07, 6.45) is -4.94. The van der Waals surface area contributed by atoms with Crippen molar-refractivity contribution < 1.29 is 22.4 Å². The molecule has 0 aliphatic heterocycles. The summed E-state index contributed by atoms with van der Waals surface area (Å²) in [6.45, 7) is 1.91. The summed E-state index contributed by atoms with van der Waals surface area (Å²) in [5.74, 6) is -1.75. The van der Waals surface area contributed by atoms with Crippen molar-refractivity contribution in [2.24, 2.45) is 0 Å². The van der Waals surface area contributed by atoms with Gasteiger partial charge in [0.05, 0.1) is 0 Å². The Hall–Kier alpha value is -2.83. The highest BCUT2D eigenvalue weighted by atomic mass is 19.4. The number of halogens is 3. The molecule has 2 aromatic carbocycles. The van der Waals surface area contributed by atoms with E-state index in [2.05, 4.69) is 4.98 Å². The van der Waals surface area contributed by atoms with Crippen LogP contribution in [0.4, 0.5) is 18.9 Å². The fraction of sp³-hybridized carbons (Fsp3) is 0.125. The maximum absolute atomic E-state index is 12.3. The highest BCUT2D eigenvalue weighted by Gasteiger charge is 2.38. The summed E-state index contributed by atoms with van der Waals surface area (Å²) in [6, 6.07) is 11.4. The molecule has 0 atom stereocenters. The zero-order valence-electron chi connectivity index (χ0n) is 11.9. The highest BCUT2D eigenvalue weighted by molar-refractivity contribution is 5.95. The van der Waals surface area contributed by atoms with Gasteiger partial charge in [0.15, 0.2) is 5.58 Å². The van der Waals surface area contributed by atoms with Crippen LogP contribution in [-0.2, 0) is 4.79 Å². The number of nitrogens with zero attached hydrogens (tertiary/aromatic N) is 1. The molecule has 0 radical (unpaired) electrons. The molecule has 1 aromatic heterocycles. The van der Waals surface area contributed by atoms with E-state index in [0.29, 0.717) is 16.7 Å². The van der Waals surface area contributed by atoms with Crippen LogP contribution in [-0.4, -0.2) is 17.1 Å². The van der Waals surface area contributed by atoms with Gasteiger partial charge in [0.1, 0.15) is 5.52 Å². The van der Waals surface area contributed by atoms with Crippen LogP contribution in [0.25, 0.3) is 22.6 Å². The summed E-state index contributed by atoms with van der Waals surface area (Å²) >= 11 is 0. The number of amides is 1. The van der Waals surface area contributed by atoms with Gasteiger partial charge in [-0.2, -0.15) is 13.2 Å². The van der Waals surface area contributed by atoms with E-state index in [1.54, 1.807) is 17.4 Å². The lowest BCUT2D eigenvalue weighted by Gasteiger charge is -2.08. The van der Waals surface area contributed by atoms with E-state index in [1.165, 1.54) is 18.2 Å². The molecule has 0 saturated heterocycles. The number of fused-ring (bicyclic) bond motifs is 1. The molecule has 23 heavy (non-hydrogen) atoms. The number of aryl methyl sites for hydroxylation is 1. The van der Waals surface area contributed by atoms with Crippen molar-refractivity contribution in [3.05, 3.63) is 48.0 Å². The van der Waals surface area contributed by atoms with E-state index in [0.717, 1.165) is 5.56 Å². The number of benzene rings is 2. The Morgan fingerprint density at radius 1 is 1.17 bits per heavy atom. The number of aromatic nitrogens is 1. The lowest BCUT2D eigenvalue weighted by atomic mass is 10.2. The average Bonchev–Trinajstić information content (AvgIpc) is 2.89. The third-order valence-corrected chi connectivity index (χ3v) is 3.17. The molecule has 0 spiro atoms. The van der Waals surface area contributed by atoms with Gasteiger partial charge >= 0.3 is 12.1 Å². The predicted octanol–water partition coefficient (Wildman–Crippen LogP) is 4.30. The van der Waals surface area contributed by atoms with Crippen LogP contribution < -0.4 is 5.32 Å². The van der Waals surface area contributed by atoms with E-state index >= 15 is 0 Å². The van der Waals surface area contributed by atoms with Gasteiger partial charge in [-0.15, -0.1) is 0 Å². The lowest BCUT2D eigenvalue weighted by molar-refractivity contribution is -0.167. The van der Waals surface area contributed by atoms with Crippen molar-refractivity contribution >= 4 is 22.7 Å². The molecule has 4 nitrogen and oxygen atoms in total. The molecule has 1 amide bonds. The Morgan fingerprint density at radius 3 is 2.70 bits per heavy atom. The van der Waals surface area contributed by atoms with Crippen molar-refractivity contribution in [3.63, 3.8) is 0 Å². The fourth-order valence-electron chi connectivity index (χ4n) is 2.09. The number of hydrogen-bond donors (Lipinski definition) is 1. The fourth-order valence-corrected chi connectivity index (χ4v) is 2.09. The SMILES string of the molecule is Cc1ccc2nc(-c3cccc(NC(=O)C(F)(F)F)c3)oc2c1. The van der Waals surface area contributed by atoms with Gasteiger partial charge in [0, 0.05) is 11.3 Å². The number of oxazole rings is 1. The highest BCUT2D eigenvalue weighted by Crippen LogP contribution is 2.27. The predicted molar refractivity (Wildman–Crippen MR) is 78.9 cm³/mol. The number of carbonyl (C=O) groups is 1. The molecule has 0 bridgehead atoms. The lowest BCUT2D eigenvalue weighted by Crippen LogP contribution is -2.29. The molecule has 3 aromatic rings. The minimum atomic E-state index is -4.94. The number of hydrogen-bond acceptors (Lipinski definition) is 3. The smallest absolute Gasteiger partial charge is 0.436 e. The standard InChI is InChI=1S/C16H11F3N2O2/c1-9-5-6-12-13(7-9)23-14(21-12)10-3-2-4-11(8-10)20-15(22)16(17,18)19/h2-8H,1H3,(H,20,22). The van der Waals surface area contributed by atoms with Crippen LogP contribution in [0.1, 0.15) is 5.56 Å². The normalized spacial score (nSPS) is 11.7. The largest absolute Gasteiger partial charge is 0.471 e. The van der Waals surface area contributed by atoms with E-state index in [1.807, 2.05) is 19.1 Å². The number of nitrogens with one attached hydrogen (secondary N) is 1. The maximum atomic E-state index is 12.3. The van der Waals surface area contributed by atoms with Crippen molar-refractivity contribution in [1.29, 1.82) is 0 Å². The Morgan fingerprint density at radius 2 is 1.96 bits per heavy atom. The van der Waals surface area contributed by atoms with Crippen LogP contribution in [0.3, 0.4) is 0 Å². The molecule has 1 heterocycles. The Labute approximate surface area is 128 Å². The third-order valence-electron chi connectivity index (χ3n) is 3.17. The summed E-state index contributed by atoms with van der Waals surface area (Å²) in [4.78, 5) is 15.3. The van der Waals surface area contributed by atoms with E-state index in [4.69, 9.17) is 4.42 Å². The van der Waals surface area contributed by atoms with Gasteiger partial charge in [-0.25, -0.2) is 4.98 Å². The van der Waals surface area contributed by atoms with Gasteiger partial charge < -0.3 is 9.73 Å². The number of alkyl halides is 3. The second-order valence-corrected chi connectivity index (χ2v) is 5.02. The van der Waals surface area contributed by atoms with Gasteiger partial charge in [-0.3, -0.25) is 4.79 Å². The van der Waals surface area contributed by atoms with Gasteiger partial charge in [0.2, 0.25) is 5.89 Å². The van der Waals surface area contributed by atoms with Crippen LogP contribution in [0.15, 0.2) is 46.9 Å². The Bertz CT molecular complexity index is 884. The molecule has 7 heteroatoms. The topological polar surface area (TPSA) is 55.1 Å². The first kappa shape index (κ1) is 15.1. The van der Waals surface area contributed by atoms with Gasteiger partial charge in [0.25, 0.3) is 0 Å². The van der Waals surface area contributed by atoms with Crippen molar-refractivity contribution in [3.8, 4) is 11.5 Å². The molecule has 0 fully saturated rings. The van der Waals surface area contributed by atoms with Crippen LogP contribution in [0.2, 0.25) is 0 Å². The molecule has 0 aliphatic rings. The van der Waals surface area contributed by atoms with Gasteiger partial charge in [-0.1, -0.05) is 12.1 Å².